The largest absolute Gasteiger partial charge is 0.382 e. The zero-order valence-electron chi connectivity index (χ0n) is 17.2. The summed E-state index contributed by atoms with van der Waals surface area (Å²) in [4.78, 5) is 28.8. The maximum atomic E-state index is 13.7. The molecule has 29 heavy (non-hydrogen) atoms. The third-order valence-corrected chi connectivity index (χ3v) is 7.17. The summed E-state index contributed by atoms with van der Waals surface area (Å²) in [7, 11) is 0. The molecule has 2 aliphatic heterocycles. The minimum absolute atomic E-state index is 0.0220. The molecule has 1 aromatic carbocycles. The van der Waals surface area contributed by atoms with Gasteiger partial charge in [-0.05, 0) is 49.1 Å². The average Bonchev–Trinajstić information content (AvgIpc) is 3.51. The second-order valence-corrected chi connectivity index (χ2v) is 9.08. The summed E-state index contributed by atoms with van der Waals surface area (Å²) >= 11 is 0. The fraction of sp³-hybridized carbons (Fsp3) is 0.583. The Balaban J connectivity index is 1.66. The average molecular weight is 394 g/mol. The Morgan fingerprint density at radius 2 is 1.93 bits per heavy atom. The van der Waals surface area contributed by atoms with E-state index < -0.39 is 0 Å². The minimum atomic E-state index is -0.282. The molecule has 0 radical (unpaired) electrons. The molecule has 2 N–H and O–H groups in total. The standard InChI is InChI=1S/C24H31N3O2/c1-2-16-7-3-4-8-17(16)23-22-19(14-25-24(22)29)26-18-9-5-6-10-20(18)27(23)21(28)13-15-11-12-15/h3-4,7-8,15,18,20,23,26H,2,5-6,9-14H2,1H3,(H,25,29)/t18?,20-,23?/m1/s1. The van der Waals surface area contributed by atoms with E-state index in [1.807, 2.05) is 6.07 Å². The maximum absolute atomic E-state index is 13.7. The summed E-state index contributed by atoms with van der Waals surface area (Å²) in [6.07, 6.45) is 8.24. The fourth-order valence-electron chi connectivity index (χ4n) is 5.51. The van der Waals surface area contributed by atoms with Crippen molar-refractivity contribution < 1.29 is 9.59 Å². The van der Waals surface area contributed by atoms with Crippen LogP contribution in [0.2, 0.25) is 0 Å². The van der Waals surface area contributed by atoms with E-state index in [1.165, 1.54) is 12.0 Å². The molecule has 1 aromatic rings. The first-order chi connectivity index (χ1) is 14.2. The van der Waals surface area contributed by atoms with Crippen LogP contribution in [0.5, 0.6) is 0 Å². The molecule has 0 bridgehead atoms. The molecule has 2 heterocycles. The molecule has 154 valence electrons. The number of hydrogen-bond acceptors (Lipinski definition) is 3. The van der Waals surface area contributed by atoms with Crippen LogP contribution in [0.4, 0.5) is 0 Å². The summed E-state index contributed by atoms with van der Waals surface area (Å²) in [6, 6.07) is 8.48. The smallest absolute Gasteiger partial charge is 0.251 e. The van der Waals surface area contributed by atoms with E-state index in [4.69, 9.17) is 0 Å². The minimum Gasteiger partial charge on any atom is -0.382 e. The highest BCUT2D eigenvalue weighted by molar-refractivity contribution is 5.99. The molecule has 2 fully saturated rings. The van der Waals surface area contributed by atoms with Gasteiger partial charge in [0.2, 0.25) is 5.91 Å². The molecule has 0 saturated heterocycles. The highest BCUT2D eigenvalue weighted by atomic mass is 16.2. The Morgan fingerprint density at radius 3 is 2.72 bits per heavy atom. The number of fused-ring (bicyclic) bond motifs is 1. The van der Waals surface area contributed by atoms with E-state index in [-0.39, 0.29) is 29.9 Å². The second kappa shape index (κ2) is 7.51. The van der Waals surface area contributed by atoms with Crippen molar-refractivity contribution in [2.24, 2.45) is 5.92 Å². The number of hydrogen-bond donors (Lipinski definition) is 2. The Kier molecular flexibility index (Phi) is 4.84. The van der Waals surface area contributed by atoms with Gasteiger partial charge in [0.1, 0.15) is 0 Å². The van der Waals surface area contributed by atoms with E-state index in [1.54, 1.807) is 0 Å². The molecule has 2 saturated carbocycles. The van der Waals surface area contributed by atoms with Crippen molar-refractivity contribution in [3.63, 3.8) is 0 Å². The monoisotopic (exact) mass is 393 g/mol. The van der Waals surface area contributed by atoms with E-state index in [0.717, 1.165) is 55.4 Å². The lowest BCUT2D eigenvalue weighted by Gasteiger charge is -2.43. The van der Waals surface area contributed by atoms with E-state index in [2.05, 4.69) is 40.7 Å². The first-order valence-electron chi connectivity index (χ1n) is 11.3. The topological polar surface area (TPSA) is 61.4 Å². The van der Waals surface area contributed by atoms with Crippen molar-refractivity contribution >= 4 is 11.8 Å². The quantitative estimate of drug-likeness (QED) is 0.826. The molecule has 4 aliphatic rings. The predicted molar refractivity (Wildman–Crippen MR) is 112 cm³/mol. The van der Waals surface area contributed by atoms with Gasteiger partial charge in [0.15, 0.2) is 0 Å². The third-order valence-electron chi connectivity index (χ3n) is 7.17. The van der Waals surface area contributed by atoms with Crippen molar-refractivity contribution in [1.82, 2.24) is 15.5 Å². The van der Waals surface area contributed by atoms with Crippen molar-refractivity contribution in [3.05, 3.63) is 46.7 Å². The molecule has 5 rings (SSSR count). The first-order valence-corrected chi connectivity index (χ1v) is 11.3. The number of rotatable bonds is 4. The molecule has 2 aliphatic carbocycles. The van der Waals surface area contributed by atoms with E-state index >= 15 is 0 Å². The van der Waals surface area contributed by atoms with Crippen LogP contribution in [0.15, 0.2) is 35.5 Å². The lowest BCUT2D eigenvalue weighted by Crippen LogP contribution is -2.53. The summed E-state index contributed by atoms with van der Waals surface area (Å²) in [5.41, 5.74) is 4.12. The summed E-state index contributed by atoms with van der Waals surface area (Å²) in [5, 5.41) is 6.72. The third kappa shape index (κ3) is 3.34. The fourth-order valence-corrected chi connectivity index (χ4v) is 5.51. The van der Waals surface area contributed by atoms with Gasteiger partial charge in [0.25, 0.3) is 5.91 Å². The number of carbonyl (C=O) groups is 2. The lowest BCUT2D eigenvalue weighted by atomic mass is 9.86. The molecule has 3 atom stereocenters. The number of aryl methyl sites for hydroxylation is 1. The van der Waals surface area contributed by atoms with Crippen LogP contribution >= 0.6 is 0 Å². The molecule has 2 amide bonds. The van der Waals surface area contributed by atoms with Gasteiger partial charge < -0.3 is 15.5 Å². The maximum Gasteiger partial charge on any atom is 0.251 e. The number of benzene rings is 1. The van der Waals surface area contributed by atoms with Crippen LogP contribution in [0, 0.1) is 5.92 Å². The van der Waals surface area contributed by atoms with Crippen LogP contribution in [0.25, 0.3) is 0 Å². The molecule has 0 aromatic heterocycles. The van der Waals surface area contributed by atoms with Gasteiger partial charge in [-0.1, -0.05) is 44.0 Å². The SMILES string of the molecule is CCc1ccccc1C1C2=C(CNC2=O)NC2CCCC[C@H]2N1C(=O)CC1CC1. The molecule has 2 unspecified atom stereocenters. The Bertz CT molecular complexity index is 857. The number of carbonyl (C=O) groups excluding carboxylic acids is 2. The number of amides is 2. The molecule has 5 nitrogen and oxygen atoms in total. The first kappa shape index (κ1) is 18.7. The second-order valence-electron chi connectivity index (χ2n) is 9.08. The number of nitrogens with one attached hydrogen (secondary N) is 2. The van der Waals surface area contributed by atoms with Gasteiger partial charge in [-0.25, -0.2) is 0 Å². The molecular weight excluding hydrogens is 362 g/mol. The van der Waals surface area contributed by atoms with Gasteiger partial charge >= 0.3 is 0 Å². The van der Waals surface area contributed by atoms with Gasteiger partial charge in [-0.2, -0.15) is 0 Å². The van der Waals surface area contributed by atoms with Gasteiger partial charge in [-0.3, -0.25) is 9.59 Å². The Morgan fingerprint density at radius 1 is 1.14 bits per heavy atom. The van der Waals surface area contributed by atoms with E-state index in [9.17, 15) is 9.59 Å². The summed E-state index contributed by atoms with van der Waals surface area (Å²) < 4.78 is 0. The van der Waals surface area contributed by atoms with E-state index in [0.29, 0.717) is 18.9 Å². The summed E-state index contributed by atoms with van der Waals surface area (Å²) in [5.74, 6) is 0.746. The van der Waals surface area contributed by atoms with Crippen LogP contribution in [0.1, 0.15) is 69.0 Å². The van der Waals surface area contributed by atoms with Crippen LogP contribution < -0.4 is 10.6 Å². The Hall–Kier alpha value is -2.30. The summed E-state index contributed by atoms with van der Waals surface area (Å²) in [6.45, 7) is 2.70. The highest BCUT2D eigenvalue weighted by Crippen LogP contribution is 2.43. The van der Waals surface area contributed by atoms with Crippen LogP contribution in [-0.4, -0.2) is 35.3 Å². The van der Waals surface area contributed by atoms with Crippen molar-refractivity contribution in [2.45, 2.75) is 76.4 Å². The molecule has 0 spiro atoms. The number of nitrogens with zero attached hydrogens (tertiary/aromatic N) is 1. The van der Waals surface area contributed by atoms with Gasteiger partial charge in [-0.15, -0.1) is 0 Å². The molecular formula is C24H31N3O2. The van der Waals surface area contributed by atoms with Crippen LogP contribution in [0.3, 0.4) is 0 Å². The predicted octanol–water partition coefficient (Wildman–Crippen LogP) is 3.22. The van der Waals surface area contributed by atoms with Crippen molar-refractivity contribution in [1.29, 1.82) is 0 Å². The zero-order valence-corrected chi connectivity index (χ0v) is 17.2. The van der Waals surface area contributed by atoms with Crippen molar-refractivity contribution in [2.75, 3.05) is 6.54 Å². The zero-order chi connectivity index (χ0) is 20.0. The van der Waals surface area contributed by atoms with Gasteiger partial charge in [0.05, 0.1) is 24.2 Å². The normalized spacial score (nSPS) is 28.9. The lowest BCUT2D eigenvalue weighted by molar-refractivity contribution is -0.137. The van der Waals surface area contributed by atoms with Crippen LogP contribution in [-0.2, 0) is 16.0 Å². The van der Waals surface area contributed by atoms with Crippen molar-refractivity contribution in [3.8, 4) is 0 Å². The Labute approximate surface area is 172 Å². The molecule has 5 heteroatoms. The highest BCUT2D eigenvalue weighted by Gasteiger charge is 2.47. The van der Waals surface area contributed by atoms with Gasteiger partial charge in [0, 0.05) is 18.2 Å².